The Morgan fingerprint density at radius 1 is 1.21 bits per heavy atom. The molecule has 104 valence electrons. The fourth-order valence-corrected chi connectivity index (χ4v) is 3.02. The van der Waals surface area contributed by atoms with E-state index in [-0.39, 0.29) is 5.41 Å². The second-order valence-corrected chi connectivity index (χ2v) is 5.36. The van der Waals surface area contributed by atoms with Crippen LogP contribution in [0.3, 0.4) is 0 Å². The summed E-state index contributed by atoms with van der Waals surface area (Å²) >= 11 is 0. The lowest BCUT2D eigenvalue weighted by Gasteiger charge is -2.42. The maximum atomic E-state index is 6.00. The molecule has 2 N–H and O–H groups in total. The summed E-state index contributed by atoms with van der Waals surface area (Å²) in [4.78, 5) is 0. The molecule has 1 aromatic rings. The van der Waals surface area contributed by atoms with E-state index in [1.165, 1.54) is 12.0 Å². The summed E-state index contributed by atoms with van der Waals surface area (Å²) < 4.78 is 17.2. The molecule has 1 fully saturated rings. The standard InChI is InChI=1S/C15H21NO3/c1-17-13-11(15(10-16)6-2-7-15)4-5-12-14(13)19-9-3-8-18-12/h4-5H,2-3,6-10,16H2,1H3. The fourth-order valence-electron chi connectivity index (χ4n) is 3.02. The maximum Gasteiger partial charge on any atom is 0.203 e. The van der Waals surface area contributed by atoms with E-state index in [0.29, 0.717) is 19.8 Å². The lowest BCUT2D eigenvalue weighted by molar-refractivity contribution is 0.237. The van der Waals surface area contributed by atoms with Crippen LogP contribution in [0, 0.1) is 0 Å². The van der Waals surface area contributed by atoms with Gasteiger partial charge in [0.1, 0.15) is 0 Å². The number of fused-ring (bicyclic) bond motifs is 1. The third-order valence-corrected chi connectivity index (χ3v) is 4.35. The Labute approximate surface area is 113 Å². The first-order chi connectivity index (χ1) is 9.30. The molecule has 0 aromatic heterocycles. The summed E-state index contributed by atoms with van der Waals surface area (Å²) in [6.07, 6.45) is 4.38. The summed E-state index contributed by atoms with van der Waals surface area (Å²) in [5.41, 5.74) is 7.24. The van der Waals surface area contributed by atoms with Crippen molar-refractivity contribution in [2.24, 2.45) is 5.73 Å². The molecular weight excluding hydrogens is 242 g/mol. The maximum absolute atomic E-state index is 6.00. The normalized spacial score (nSPS) is 20.3. The summed E-state index contributed by atoms with van der Waals surface area (Å²) in [6, 6.07) is 4.09. The van der Waals surface area contributed by atoms with Crippen LogP contribution in [0.2, 0.25) is 0 Å². The van der Waals surface area contributed by atoms with Gasteiger partial charge >= 0.3 is 0 Å². The van der Waals surface area contributed by atoms with Gasteiger partial charge in [-0.15, -0.1) is 0 Å². The van der Waals surface area contributed by atoms with Crippen molar-refractivity contribution in [3.63, 3.8) is 0 Å². The van der Waals surface area contributed by atoms with E-state index in [1.807, 2.05) is 6.07 Å². The quantitative estimate of drug-likeness (QED) is 0.908. The Morgan fingerprint density at radius 3 is 2.63 bits per heavy atom. The Hall–Kier alpha value is -1.42. The highest BCUT2D eigenvalue weighted by Crippen LogP contribution is 2.51. The van der Waals surface area contributed by atoms with Crippen LogP contribution in [0.25, 0.3) is 0 Å². The fraction of sp³-hybridized carbons (Fsp3) is 0.600. The van der Waals surface area contributed by atoms with Gasteiger partial charge in [-0.25, -0.2) is 0 Å². The van der Waals surface area contributed by atoms with Gasteiger partial charge in [-0.1, -0.05) is 12.5 Å². The first kappa shape index (κ1) is 12.6. The first-order valence-electron chi connectivity index (χ1n) is 6.98. The Bertz CT molecular complexity index is 463. The van der Waals surface area contributed by atoms with E-state index in [4.69, 9.17) is 19.9 Å². The molecule has 19 heavy (non-hydrogen) atoms. The van der Waals surface area contributed by atoms with Gasteiger partial charge in [-0.3, -0.25) is 0 Å². The van der Waals surface area contributed by atoms with Crippen LogP contribution in [0.15, 0.2) is 12.1 Å². The van der Waals surface area contributed by atoms with Crippen LogP contribution in [-0.4, -0.2) is 26.9 Å². The molecule has 2 aliphatic rings. The average Bonchev–Trinajstić information content (AvgIpc) is 2.63. The molecule has 1 aromatic carbocycles. The molecule has 0 amide bonds. The van der Waals surface area contributed by atoms with E-state index in [2.05, 4.69) is 6.07 Å². The van der Waals surface area contributed by atoms with Crippen LogP contribution in [-0.2, 0) is 5.41 Å². The van der Waals surface area contributed by atoms with Gasteiger partial charge < -0.3 is 19.9 Å². The molecule has 0 spiro atoms. The third-order valence-electron chi connectivity index (χ3n) is 4.35. The highest BCUT2D eigenvalue weighted by molar-refractivity contribution is 5.58. The summed E-state index contributed by atoms with van der Waals surface area (Å²) in [7, 11) is 1.69. The predicted molar refractivity (Wildman–Crippen MR) is 73.2 cm³/mol. The predicted octanol–water partition coefficient (Wildman–Crippen LogP) is 2.24. The highest BCUT2D eigenvalue weighted by atomic mass is 16.5. The number of ether oxygens (including phenoxy) is 3. The second kappa shape index (κ2) is 4.93. The molecule has 0 radical (unpaired) electrons. The Balaban J connectivity index is 2.08. The number of rotatable bonds is 3. The van der Waals surface area contributed by atoms with Gasteiger partial charge in [0.25, 0.3) is 0 Å². The van der Waals surface area contributed by atoms with Crippen LogP contribution in [0.4, 0.5) is 0 Å². The monoisotopic (exact) mass is 263 g/mol. The lowest BCUT2D eigenvalue weighted by atomic mass is 9.64. The molecule has 4 nitrogen and oxygen atoms in total. The average molecular weight is 263 g/mol. The SMILES string of the molecule is COc1c(C2(CN)CCC2)ccc2c1OCCCO2. The van der Waals surface area contributed by atoms with Crippen molar-refractivity contribution in [3.05, 3.63) is 17.7 Å². The first-order valence-corrected chi connectivity index (χ1v) is 6.98. The lowest BCUT2D eigenvalue weighted by Crippen LogP contribution is -2.41. The smallest absolute Gasteiger partial charge is 0.203 e. The van der Waals surface area contributed by atoms with Gasteiger partial charge in [-0.05, 0) is 18.9 Å². The molecule has 1 aliphatic heterocycles. The Kier molecular flexibility index (Phi) is 3.27. The van der Waals surface area contributed by atoms with E-state index in [1.54, 1.807) is 7.11 Å². The number of methoxy groups -OCH3 is 1. The van der Waals surface area contributed by atoms with Crippen molar-refractivity contribution < 1.29 is 14.2 Å². The van der Waals surface area contributed by atoms with Gasteiger partial charge in [-0.2, -0.15) is 0 Å². The van der Waals surface area contributed by atoms with Crippen molar-refractivity contribution in [2.75, 3.05) is 26.9 Å². The van der Waals surface area contributed by atoms with E-state index in [0.717, 1.165) is 36.5 Å². The molecular formula is C15H21NO3. The number of hydrogen-bond acceptors (Lipinski definition) is 4. The molecule has 3 rings (SSSR count). The van der Waals surface area contributed by atoms with Gasteiger partial charge in [0.05, 0.1) is 20.3 Å². The van der Waals surface area contributed by atoms with E-state index >= 15 is 0 Å². The van der Waals surface area contributed by atoms with Crippen LogP contribution < -0.4 is 19.9 Å². The van der Waals surface area contributed by atoms with Crippen LogP contribution in [0.1, 0.15) is 31.2 Å². The second-order valence-electron chi connectivity index (χ2n) is 5.36. The topological polar surface area (TPSA) is 53.7 Å². The van der Waals surface area contributed by atoms with Gasteiger partial charge in [0, 0.05) is 23.9 Å². The van der Waals surface area contributed by atoms with Gasteiger partial charge in [0.2, 0.25) is 5.75 Å². The van der Waals surface area contributed by atoms with E-state index in [9.17, 15) is 0 Å². The van der Waals surface area contributed by atoms with Crippen molar-refractivity contribution in [3.8, 4) is 17.2 Å². The summed E-state index contributed by atoms with van der Waals surface area (Å²) in [5.74, 6) is 2.34. The summed E-state index contributed by atoms with van der Waals surface area (Å²) in [5, 5.41) is 0. The zero-order valence-electron chi connectivity index (χ0n) is 11.4. The minimum atomic E-state index is 0.0655. The number of benzene rings is 1. The van der Waals surface area contributed by atoms with Crippen molar-refractivity contribution in [2.45, 2.75) is 31.1 Å². The molecule has 0 atom stereocenters. The minimum absolute atomic E-state index is 0.0655. The minimum Gasteiger partial charge on any atom is -0.492 e. The zero-order valence-corrected chi connectivity index (χ0v) is 11.4. The Morgan fingerprint density at radius 2 is 2.00 bits per heavy atom. The van der Waals surface area contributed by atoms with Crippen molar-refractivity contribution >= 4 is 0 Å². The molecule has 1 aliphatic carbocycles. The van der Waals surface area contributed by atoms with Gasteiger partial charge in [0.15, 0.2) is 11.5 Å². The third kappa shape index (κ3) is 1.94. The molecule has 1 saturated carbocycles. The molecule has 0 unspecified atom stereocenters. The van der Waals surface area contributed by atoms with E-state index < -0.39 is 0 Å². The van der Waals surface area contributed by atoms with Crippen LogP contribution >= 0.6 is 0 Å². The largest absolute Gasteiger partial charge is 0.492 e. The summed E-state index contributed by atoms with van der Waals surface area (Å²) in [6.45, 7) is 2.02. The molecule has 1 heterocycles. The molecule has 0 saturated heterocycles. The van der Waals surface area contributed by atoms with Crippen LogP contribution in [0.5, 0.6) is 17.2 Å². The van der Waals surface area contributed by atoms with Crippen molar-refractivity contribution in [1.29, 1.82) is 0 Å². The highest BCUT2D eigenvalue weighted by Gasteiger charge is 2.41. The zero-order chi connectivity index (χ0) is 13.3. The van der Waals surface area contributed by atoms with Crippen molar-refractivity contribution in [1.82, 2.24) is 0 Å². The number of nitrogens with two attached hydrogens (primary N) is 1. The molecule has 0 bridgehead atoms. The molecule has 4 heteroatoms. The number of hydrogen-bond donors (Lipinski definition) is 1.